The molecule has 1 aliphatic rings. The summed E-state index contributed by atoms with van der Waals surface area (Å²) >= 11 is 0. The van der Waals surface area contributed by atoms with E-state index in [9.17, 15) is 4.79 Å². The lowest BCUT2D eigenvalue weighted by Crippen LogP contribution is -2.36. The van der Waals surface area contributed by atoms with Gasteiger partial charge in [0.25, 0.3) is 0 Å². The molecule has 1 aromatic rings. The molecule has 1 amide bonds. The Labute approximate surface area is 102 Å². The van der Waals surface area contributed by atoms with E-state index in [2.05, 4.69) is 11.4 Å². The number of carbonyl (C=O) groups is 1. The minimum absolute atomic E-state index is 0.0644. The summed E-state index contributed by atoms with van der Waals surface area (Å²) in [6, 6.07) is 8.15. The molecule has 0 radical (unpaired) electrons. The predicted molar refractivity (Wildman–Crippen MR) is 68.2 cm³/mol. The van der Waals surface area contributed by atoms with Gasteiger partial charge in [0.2, 0.25) is 5.91 Å². The van der Waals surface area contributed by atoms with Crippen LogP contribution in [0.5, 0.6) is 0 Å². The first-order chi connectivity index (χ1) is 8.20. The van der Waals surface area contributed by atoms with E-state index < -0.39 is 0 Å². The van der Waals surface area contributed by atoms with E-state index in [0.29, 0.717) is 6.54 Å². The number of nitrogens with two attached hydrogens (primary N) is 1. The third-order valence-electron chi connectivity index (χ3n) is 3.52. The molecule has 1 atom stereocenters. The summed E-state index contributed by atoms with van der Waals surface area (Å²) in [7, 11) is 0. The van der Waals surface area contributed by atoms with Crippen LogP contribution in [0, 0.1) is 5.92 Å². The second kappa shape index (κ2) is 5.32. The molecule has 0 saturated heterocycles. The molecule has 3 nitrogen and oxygen atoms in total. The Morgan fingerprint density at radius 3 is 2.88 bits per heavy atom. The van der Waals surface area contributed by atoms with Gasteiger partial charge in [0, 0.05) is 12.5 Å². The zero-order valence-electron chi connectivity index (χ0n) is 10.3. The van der Waals surface area contributed by atoms with Gasteiger partial charge in [-0.15, -0.1) is 0 Å². The Balaban J connectivity index is 1.98. The molecule has 1 aliphatic carbocycles. The molecule has 2 rings (SSSR count). The molecule has 0 bridgehead atoms. The lowest BCUT2D eigenvalue weighted by molar-refractivity contribution is -0.128. The van der Waals surface area contributed by atoms with Gasteiger partial charge < -0.3 is 11.1 Å². The van der Waals surface area contributed by atoms with Gasteiger partial charge in [-0.2, -0.15) is 0 Å². The summed E-state index contributed by atoms with van der Waals surface area (Å²) in [6.07, 6.45) is 3.28. The molecule has 1 aromatic carbocycles. The fraction of sp³-hybridized carbons (Fsp3) is 0.500. The molecule has 0 aromatic heterocycles. The first-order valence-electron chi connectivity index (χ1n) is 6.30. The maximum atomic E-state index is 11.8. The Morgan fingerprint density at radius 2 is 2.29 bits per heavy atom. The van der Waals surface area contributed by atoms with Crippen LogP contribution in [-0.4, -0.2) is 5.91 Å². The van der Waals surface area contributed by atoms with Gasteiger partial charge in [0.15, 0.2) is 0 Å². The van der Waals surface area contributed by atoms with Crippen molar-refractivity contribution in [1.82, 2.24) is 5.32 Å². The first kappa shape index (κ1) is 12.1. The van der Waals surface area contributed by atoms with Gasteiger partial charge in [-0.1, -0.05) is 30.7 Å². The minimum Gasteiger partial charge on any atom is -0.349 e. The minimum atomic E-state index is 0.0644. The zero-order valence-corrected chi connectivity index (χ0v) is 10.3. The van der Waals surface area contributed by atoms with Crippen molar-refractivity contribution in [2.24, 2.45) is 11.7 Å². The number of nitrogens with one attached hydrogen (secondary N) is 1. The molecule has 1 fully saturated rings. The Hall–Kier alpha value is -1.35. The maximum Gasteiger partial charge on any atom is 0.223 e. The molecule has 92 valence electrons. The van der Waals surface area contributed by atoms with Gasteiger partial charge in [0.1, 0.15) is 0 Å². The molecule has 1 saturated carbocycles. The van der Waals surface area contributed by atoms with Crippen LogP contribution in [-0.2, 0) is 11.3 Å². The number of carbonyl (C=O) groups excluding carboxylic acids is 1. The van der Waals surface area contributed by atoms with Crippen LogP contribution in [0.15, 0.2) is 24.3 Å². The standard InChI is InChI=1S/C14H20N2O/c1-10(16-14(17)12-5-3-6-12)13-7-2-4-11(8-13)9-15/h2,4,7-8,10,12H,3,5-6,9,15H2,1H3,(H,16,17). The van der Waals surface area contributed by atoms with Crippen LogP contribution in [0.25, 0.3) is 0 Å². The molecule has 0 spiro atoms. The Kier molecular flexibility index (Phi) is 3.79. The van der Waals surface area contributed by atoms with Crippen molar-refractivity contribution >= 4 is 5.91 Å². The average molecular weight is 232 g/mol. The maximum absolute atomic E-state index is 11.8. The first-order valence-corrected chi connectivity index (χ1v) is 6.30. The predicted octanol–water partition coefficient (Wildman–Crippen LogP) is 2.12. The molecule has 17 heavy (non-hydrogen) atoms. The number of hydrogen-bond donors (Lipinski definition) is 2. The van der Waals surface area contributed by atoms with Gasteiger partial charge in [-0.05, 0) is 30.9 Å². The summed E-state index contributed by atoms with van der Waals surface area (Å²) < 4.78 is 0. The van der Waals surface area contributed by atoms with E-state index in [1.807, 2.05) is 25.1 Å². The summed E-state index contributed by atoms with van der Waals surface area (Å²) in [6.45, 7) is 2.56. The largest absolute Gasteiger partial charge is 0.349 e. The SMILES string of the molecule is CC(NC(=O)C1CCC1)c1cccc(CN)c1. The highest BCUT2D eigenvalue weighted by Crippen LogP contribution is 2.27. The van der Waals surface area contributed by atoms with E-state index in [1.54, 1.807) is 0 Å². The van der Waals surface area contributed by atoms with Crippen LogP contribution in [0.3, 0.4) is 0 Å². The smallest absolute Gasteiger partial charge is 0.223 e. The number of amides is 1. The van der Waals surface area contributed by atoms with E-state index in [0.717, 1.165) is 24.0 Å². The van der Waals surface area contributed by atoms with Gasteiger partial charge in [-0.3, -0.25) is 4.79 Å². The average Bonchev–Trinajstić information content (AvgIpc) is 2.26. The highest BCUT2D eigenvalue weighted by Gasteiger charge is 2.26. The van der Waals surface area contributed by atoms with Crippen LogP contribution < -0.4 is 11.1 Å². The Morgan fingerprint density at radius 1 is 1.53 bits per heavy atom. The zero-order chi connectivity index (χ0) is 12.3. The van der Waals surface area contributed by atoms with E-state index in [-0.39, 0.29) is 17.9 Å². The van der Waals surface area contributed by atoms with Crippen molar-refractivity contribution in [1.29, 1.82) is 0 Å². The van der Waals surface area contributed by atoms with Crippen LogP contribution in [0.1, 0.15) is 43.4 Å². The lowest BCUT2D eigenvalue weighted by Gasteiger charge is -2.26. The Bertz CT molecular complexity index is 399. The van der Waals surface area contributed by atoms with Gasteiger partial charge in [0.05, 0.1) is 6.04 Å². The summed E-state index contributed by atoms with van der Waals surface area (Å²) in [5.74, 6) is 0.442. The molecule has 0 heterocycles. The van der Waals surface area contributed by atoms with Crippen LogP contribution in [0.2, 0.25) is 0 Å². The number of benzene rings is 1. The second-order valence-electron chi connectivity index (χ2n) is 4.81. The third-order valence-corrected chi connectivity index (χ3v) is 3.52. The highest BCUT2D eigenvalue weighted by molar-refractivity contribution is 5.79. The number of rotatable bonds is 4. The normalized spacial score (nSPS) is 17.3. The third kappa shape index (κ3) is 2.86. The van der Waals surface area contributed by atoms with Crippen LogP contribution in [0.4, 0.5) is 0 Å². The monoisotopic (exact) mass is 232 g/mol. The summed E-state index contributed by atoms with van der Waals surface area (Å²) in [5.41, 5.74) is 7.84. The van der Waals surface area contributed by atoms with Crippen molar-refractivity contribution < 1.29 is 4.79 Å². The van der Waals surface area contributed by atoms with E-state index in [1.165, 1.54) is 6.42 Å². The molecule has 1 unspecified atom stereocenters. The van der Waals surface area contributed by atoms with E-state index >= 15 is 0 Å². The molecule has 3 N–H and O–H groups in total. The molecule has 3 heteroatoms. The summed E-state index contributed by atoms with van der Waals surface area (Å²) in [4.78, 5) is 11.8. The van der Waals surface area contributed by atoms with Crippen LogP contribution >= 0.6 is 0 Å². The number of hydrogen-bond acceptors (Lipinski definition) is 2. The van der Waals surface area contributed by atoms with Crippen molar-refractivity contribution in [3.05, 3.63) is 35.4 Å². The van der Waals surface area contributed by atoms with Crippen molar-refractivity contribution in [3.63, 3.8) is 0 Å². The second-order valence-corrected chi connectivity index (χ2v) is 4.81. The summed E-state index contributed by atoms with van der Waals surface area (Å²) in [5, 5.41) is 3.07. The van der Waals surface area contributed by atoms with Crippen molar-refractivity contribution in [2.45, 2.75) is 38.8 Å². The molecule has 0 aliphatic heterocycles. The van der Waals surface area contributed by atoms with Crippen molar-refractivity contribution in [3.8, 4) is 0 Å². The molecular weight excluding hydrogens is 212 g/mol. The fourth-order valence-corrected chi connectivity index (χ4v) is 2.07. The quantitative estimate of drug-likeness (QED) is 0.835. The van der Waals surface area contributed by atoms with E-state index in [4.69, 9.17) is 5.73 Å². The van der Waals surface area contributed by atoms with Gasteiger partial charge in [-0.25, -0.2) is 0 Å². The molecular formula is C14H20N2O. The fourth-order valence-electron chi connectivity index (χ4n) is 2.07. The van der Waals surface area contributed by atoms with Crippen molar-refractivity contribution in [2.75, 3.05) is 0 Å². The topological polar surface area (TPSA) is 55.1 Å². The highest BCUT2D eigenvalue weighted by atomic mass is 16.1. The lowest BCUT2D eigenvalue weighted by atomic mass is 9.84. The van der Waals surface area contributed by atoms with Gasteiger partial charge >= 0.3 is 0 Å².